The average molecular weight is 372 g/mol. The number of rotatable bonds is 5. The highest BCUT2D eigenvalue weighted by Gasteiger charge is 2.30. The largest absolute Gasteiger partial charge is 0.420 e. The molecule has 1 saturated heterocycles. The van der Waals surface area contributed by atoms with E-state index in [1.807, 2.05) is 16.8 Å². The molecule has 4 rings (SSSR count). The van der Waals surface area contributed by atoms with Crippen LogP contribution in [0.3, 0.4) is 0 Å². The minimum Gasteiger partial charge on any atom is -0.420 e. The third-order valence-corrected chi connectivity index (χ3v) is 5.22. The molecule has 1 fully saturated rings. The van der Waals surface area contributed by atoms with Gasteiger partial charge in [-0.15, -0.1) is 10.2 Å². The van der Waals surface area contributed by atoms with E-state index in [-0.39, 0.29) is 11.8 Å². The van der Waals surface area contributed by atoms with Crippen LogP contribution in [0.15, 0.2) is 31.8 Å². The molecule has 3 aromatic rings. The highest BCUT2D eigenvalue weighted by atomic mass is 32.1. The van der Waals surface area contributed by atoms with Gasteiger partial charge in [0.05, 0.1) is 5.92 Å². The van der Waals surface area contributed by atoms with Crippen LogP contribution >= 0.6 is 11.3 Å². The van der Waals surface area contributed by atoms with Crippen LogP contribution in [-0.2, 0) is 6.42 Å². The normalized spacial score (nSPS) is 17.6. The minimum atomic E-state index is -0.0987. The van der Waals surface area contributed by atoms with Crippen molar-refractivity contribution in [3.05, 3.63) is 40.2 Å². The Hall–Kier alpha value is -2.48. The maximum absolute atomic E-state index is 12.7. The number of hydrogen-bond donors (Lipinski definition) is 0. The van der Waals surface area contributed by atoms with Gasteiger partial charge in [-0.25, -0.2) is 0 Å². The summed E-state index contributed by atoms with van der Waals surface area (Å²) < 4.78 is 11.1. The van der Waals surface area contributed by atoms with Crippen LogP contribution < -0.4 is 0 Å². The van der Waals surface area contributed by atoms with Gasteiger partial charge in [0.1, 0.15) is 5.76 Å². The predicted octanol–water partition coefficient (Wildman–Crippen LogP) is 3.76. The summed E-state index contributed by atoms with van der Waals surface area (Å²) in [6.07, 6.45) is 3.57. The van der Waals surface area contributed by atoms with Crippen molar-refractivity contribution in [2.75, 3.05) is 13.1 Å². The minimum absolute atomic E-state index is 0.0506. The molecule has 26 heavy (non-hydrogen) atoms. The van der Waals surface area contributed by atoms with Crippen molar-refractivity contribution >= 4 is 17.2 Å². The van der Waals surface area contributed by atoms with Gasteiger partial charge in [0.2, 0.25) is 11.8 Å². The Kier molecular flexibility index (Phi) is 4.83. The topological polar surface area (TPSA) is 85.3 Å². The molecule has 8 heteroatoms. The number of aryl methyl sites for hydroxylation is 1. The van der Waals surface area contributed by atoms with Crippen molar-refractivity contribution in [2.45, 2.75) is 38.5 Å². The maximum Gasteiger partial charge on any atom is 0.276 e. The standard InChI is InChI=1S/C18H20N4O3S/c1-2-4-14-9-15(21-25-14)18(23)22-7-3-5-12(10-22)16-19-20-17(24-16)13-6-8-26-11-13/h6,8-9,11-12H,2-5,7,10H2,1H3/t12-/m1/s1. The van der Waals surface area contributed by atoms with E-state index in [1.165, 1.54) is 0 Å². The van der Waals surface area contributed by atoms with Crippen molar-refractivity contribution < 1.29 is 13.7 Å². The van der Waals surface area contributed by atoms with E-state index in [1.54, 1.807) is 22.3 Å². The number of carbonyl (C=O) groups excluding carboxylic acids is 1. The summed E-state index contributed by atoms with van der Waals surface area (Å²) in [5.41, 5.74) is 1.31. The van der Waals surface area contributed by atoms with Crippen molar-refractivity contribution in [1.29, 1.82) is 0 Å². The molecule has 3 aromatic heterocycles. The molecular formula is C18H20N4O3S. The van der Waals surface area contributed by atoms with Gasteiger partial charge in [-0.2, -0.15) is 11.3 Å². The lowest BCUT2D eigenvalue weighted by Gasteiger charge is -2.30. The summed E-state index contributed by atoms with van der Waals surface area (Å²) in [5.74, 6) is 1.83. The summed E-state index contributed by atoms with van der Waals surface area (Å²) in [5, 5.41) is 16.2. The molecule has 0 N–H and O–H groups in total. The lowest BCUT2D eigenvalue weighted by atomic mass is 9.98. The zero-order valence-corrected chi connectivity index (χ0v) is 15.4. The van der Waals surface area contributed by atoms with E-state index in [9.17, 15) is 4.79 Å². The number of carbonyl (C=O) groups is 1. The molecule has 0 aliphatic carbocycles. The Bertz CT molecular complexity index is 871. The second kappa shape index (κ2) is 7.41. The number of hydrogen-bond acceptors (Lipinski definition) is 7. The summed E-state index contributed by atoms with van der Waals surface area (Å²) in [6, 6.07) is 3.70. The van der Waals surface area contributed by atoms with Gasteiger partial charge in [0, 0.05) is 36.5 Å². The summed E-state index contributed by atoms with van der Waals surface area (Å²) in [7, 11) is 0. The zero-order chi connectivity index (χ0) is 17.9. The Morgan fingerprint density at radius 2 is 2.35 bits per heavy atom. The Morgan fingerprint density at radius 3 is 3.15 bits per heavy atom. The molecule has 0 saturated carbocycles. The molecule has 1 aliphatic heterocycles. The fraction of sp³-hybridized carbons (Fsp3) is 0.444. The first-order chi connectivity index (χ1) is 12.7. The second-order valence-electron chi connectivity index (χ2n) is 6.48. The summed E-state index contributed by atoms with van der Waals surface area (Å²) in [6.45, 7) is 3.32. The predicted molar refractivity (Wildman–Crippen MR) is 96.0 cm³/mol. The third kappa shape index (κ3) is 3.41. The Balaban J connectivity index is 1.46. The van der Waals surface area contributed by atoms with Crippen molar-refractivity contribution in [1.82, 2.24) is 20.3 Å². The van der Waals surface area contributed by atoms with Gasteiger partial charge >= 0.3 is 0 Å². The number of thiophene rings is 1. The fourth-order valence-corrected chi connectivity index (χ4v) is 3.84. The van der Waals surface area contributed by atoms with E-state index in [0.717, 1.165) is 37.0 Å². The van der Waals surface area contributed by atoms with E-state index in [0.29, 0.717) is 30.6 Å². The molecule has 0 aromatic carbocycles. The van der Waals surface area contributed by atoms with Crippen LogP contribution in [0.5, 0.6) is 0 Å². The highest BCUT2D eigenvalue weighted by molar-refractivity contribution is 7.08. The van der Waals surface area contributed by atoms with E-state index in [4.69, 9.17) is 8.94 Å². The third-order valence-electron chi connectivity index (χ3n) is 4.54. The van der Waals surface area contributed by atoms with Gasteiger partial charge in [0.25, 0.3) is 5.91 Å². The molecule has 0 radical (unpaired) electrons. The van der Waals surface area contributed by atoms with Gasteiger partial charge in [-0.3, -0.25) is 4.79 Å². The number of piperidine rings is 1. The highest BCUT2D eigenvalue weighted by Crippen LogP contribution is 2.29. The Morgan fingerprint density at radius 1 is 1.42 bits per heavy atom. The molecular weight excluding hydrogens is 352 g/mol. The van der Waals surface area contributed by atoms with Crippen LogP contribution in [0.4, 0.5) is 0 Å². The Labute approximate surface area is 155 Å². The van der Waals surface area contributed by atoms with Gasteiger partial charge < -0.3 is 13.8 Å². The van der Waals surface area contributed by atoms with Crippen molar-refractivity contribution in [2.24, 2.45) is 0 Å². The first-order valence-electron chi connectivity index (χ1n) is 8.85. The molecule has 1 aliphatic rings. The maximum atomic E-state index is 12.7. The van der Waals surface area contributed by atoms with Crippen molar-refractivity contribution in [3.63, 3.8) is 0 Å². The summed E-state index contributed by atoms with van der Waals surface area (Å²) >= 11 is 1.59. The van der Waals surface area contributed by atoms with Gasteiger partial charge in [-0.1, -0.05) is 12.1 Å². The molecule has 136 valence electrons. The SMILES string of the molecule is CCCc1cc(C(=O)N2CCC[C@@H](c3nnc(-c4ccsc4)o3)C2)no1. The first-order valence-corrected chi connectivity index (χ1v) is 9.79. The van der Waals surface area contributed by atoms with E-state index >= 15 is 0 Å². The monoisotopic (exact) mass is 372 g/mol. The average Bonchev–Trinajstić information content (AvgIpc) is 3.41. The smallest absolute Gasteiger partial charge is 0.276 e. The van der Waals surface area contributed by atoms with Crippen LogP contribution in [0.25, 0.3) is 11.5 Å². The fourth-order valence-electron chi connectivity index (χ4n) is 3.21. The molecule has 0 unspecified atom stereocenters. The number of likely N-dealkylation sites (tertiary alicyclic amines) is 1. The lowest BCUT2D eigenvalue weighted by molar-refractivity contribution is 0.0688. The van der Waals surface area contributed by atoms with Gasteiger partial charge in [0.15, 0.2) is 5.69 Å². The van der Waals surface area contributed by atoms with E-state index in [2.05, 4.69) is 22.3 Å². The molecule has 1 atom stereocenters. The van der Waals surface area contributed by atoms with Crippen LogP contribution in [0.1, 0.15) is 54.2 Å². The summed E-state index contributed by atoms with van der Waals surface area (Å²) in [4.78, 5) is 14.5. The molecule has 0 spiro atoms. The van der Waals surface area contributed by atoms with E-state index < -0.39 is 0 Å². The molecule has 1 amide bonds. The van der Waals surface area contributed by atoms with Crippen LogP contribution in [0, 0.1) is 0 Å². The number of aromatic nitrogens is 3. The lowest BCUT2D eigenvalue weighted by Crippen LogP contribution is -2.39. The number of nitrogens with zero attached hydrogens (tertiary/aromatic N) is 4. The number of amides is 1. The first kappa shape index (κ1) is 17.0. The second-order valence-corrected chi connectivity index (χ2v) is 7.26. The molecule has 4 heterocycles. The van der Waals surface area contributed by atoms with Gasteiger partial charge in [-0.05, 0) is 30.7 Å². The molecule has 0 bridgehead atoms. The quantitative estimate of drug-likeness (QED) is 0.678. The van der Waals surface area contributed by atoms with Crippen LogP contribution in [-0.4, -0.2) is 39.3 Å². The zero-order valence-electron chi connectivity index (χ0n) is 14.6. The molecule has 7 nitrogen and oxygen atoms in total. The van der Waals surface area contributed by atoms with Crippen LogP contribution in [0.2, 0.25) is 0 Å². The van der Waals surface area contributed by atoms with Crippen molar-refractivity contribution in [3.8, 4) is 11.5 Å².